The highest BCUT2D eigenvalue weighted by molar-refractivity contribution is 5.42. The second-order valence-corrected chi connectivity index (χ2v) is 7.25. The Morgan fingerprint density at radius 2 is 1.74 bits per heavy atom. The molecule has 0 aliphatic heterocycles. The molecule has 1 N–H and O–H groups in total. The van der Waals surface area contributed by atoms with E-state index in [4.69, 9.17) is 0 Å². The van der Waals surface area contributed by atoms with Gasteiger partial charge in [-0.1, -0.05) is 30.0 Å². The molecule has 0 unspecified atom stereocenters. The van der Waals surface area contributed by atoms with E-state index in [0.29, 0.717) is 6.54 Å². The maximum absolute atomic E-state index is 13.6. The lowest BCUT2D eigenvalue weighted by Crippen LogP contribution is -2.18. The van der Waals surface area contributed by atoms with Gasteiger partial charge < -0.3 is 5.32 Å². The molecule has 1 atom stereocenters. The number of hydrogen-bond acceptors (Lipinski definition) is 4. The zero-order chi connectivity index (χ0) is 21.6. The van der Waals surface area contributed by atoms with Crippen LogP contribution in [0.4, 0.5) is 4.39 Å². The van der Waals surface area contributed by atoms with Crippen LogP contribution in [0.1, 0.15) is 40.9 Å². The number of aromatic nitrogens is 4. The third-order valence-electron chi connectivity index (χ3n) is 5.05. The molecule has 0 spiro atoms. The lowest BCUT2D eigenvalue weighted by Gasteiger charge is -2.14. The predicted molar refractivity (Wildman–Crippen MR) is 118 cm³/mol. The predicted octanol–water partition coefficient (Wildman–Crippen LogP) is 4.36. The minimum Gasteiger partial charge on any atom is -0.306 e. The molecule has 0 saturated carbocycles. The Labute approximate surface area is 181 Å². The number of rotatable bonds is 5. The summed E-state index contributed by atoms with van der Waals surface area (Å²) >= 11 is 0. The normalized spacial score (nSPS) is 11.6. The van der Waals surface area contributed by atoms with Crippen molar-refractivity contribution < 1.29 is 4.39 Å². The summed E-state index contributed by atoms with van der Waals surface area (Å²) in [4.78, 5) is 7.92. The van der Waals surface area contributed by atoms with E-state index in [1.807, 2.05) is 31.3 Å². The fraction of sp³-hybridized carbons (Fsp3) is 0.160. The van der Waals surface area contributed by atoms with E-state index in [0.717, 1.165) is 33.6 Å². The fourth-order valence-corrected chi connectivity index (χ4v) is 3.31. The minimum atomic E-state index is -0.273. The van der Waals surface area contributed by atoms with Gasteiger partial charge in [0.05, 0.1) is 17.4 Å². The maximum Gasteiger partial charge on any atom is 0.125 e. The number of hydrogen-bond donors (Lipinski definition) is 1. The first-order valence-electron chi connectivity index (χ1n) is 10.00. The third kappa shape index (κ3) is 5.03. The molecule has 0 fully saturated rings. The summed E-state index contributed by atoms with van der Waals surface area (Å²) in [5, 5.41) is 7.98. The lowest BCUT2D eigenvalue weighted by molar-refractivity contribution is 0.571. The minimum absolute atomic E-state index is 0.0971. The van der Waals surface area contributed by atoms with Crippen molar-refractivity contribution in [2.45, 2.75) is 26.4 Å². The first kappa shape index (κ1) is 20.5. The SMILES string of the molecule is Cc1c([C@H](C)NCc2ccc(C#Cc3cncnc3)cc2)cnn1-c1cccc(F)c1. The van der Waals surface area contributed by atoms with E-state index in [1.54, 1.807) is 23.1 Å². The van der Waals surface area contributed by atoms with Crippen LogP contribution in [0, 0.1) is 24.6 Å². The summed E-state index contributed by atoms with van der Waals surface area (Å²) in [6, 6.07) is 14.7. The van der Waals surface area contributed by atoms with Gasteiger partial charge >= 0.3 is 0 Å². The summed E-state index contributed by atoms with van der Waals surface area (Å²) in [6.45, 7) is 4.81. The van der Waals surface area contributed by atoms with Crippen molar-refractivity contribution in [1.82, 2.24) is 25.1 Å². The number of benzene rings is 2. The Kier molecular flexibility index (Phi) is 6.16. The van der Waals surface area contributed by atoms with Gasteiger partial charge in [0.25, 0.3) is 0 Å². The van der Waals surface area contributed by atoms with Crippen molar-refractivity contribution in [1.29, 1.82) is 0 Å². The number of halogens is 1. The molecular formula is C25H22FN5. The van der Waals surface area contributed by atoms with Gasteiger partial charge in [0.15, 0.2) is 0 Å². The Bertz CT molecular complexity index is 1220. The summed E-state index contributed by atoms with van der Waals surface area (Å²) in [6.07, 6.45) is 6.71. The molecule has 0 radical (unpaired) electrons. The molecule has 0 saturated heterocycles. The van der Waals surface area contributed by atoms with Gasteiger partial charge in [0, 0.05) is 41.8 Å². The molecular weight excluding hydrogens is 389 g/mol. The fourth-order valence-electron chi connectivity index (χ4n) is 3.31. The van der Waals surface area contributed by atoms with E-state index in [9.17, 15) is 4.39 Å². The van der Waals surface area contributed by atoms with Gasteiger partial charge in [0.2, 0.25) is 0 Å². The molecule has 6 heteroatoms. The first-order valence-corrected chi connectivity index (χ1v) is 10.00. The van der Waals surface area contributed by atoms with Crippen LogP contribution in [-0.2, 0) is 6.54 Å². The van der Waals surface area contributed by atoms with E-state index >= 15 is 0 Å². The van der Waals surface area contributed by atoms with Crippen molar-refractivity contribution in [3.05, 3.63) is 107 Å². The Hall–Kier alpha value is -3.82. The van der Waals surface area contributed by atoms with Crippen LogP contribution in [-0.4, -0.2) is 19.7 Å². The highest BCUT2D eigenvalue weighted by atomic mass is 19.1. The summed E-state index contributed by atoms with van der Waals surface area (Å²) in [5.74, 6) is 5.90. The Balaban J connectivity index is 1.39. The van der Waals surface area contributed by atoms with Crippen LogP contribution >= 0.6 is 0 Å². The van der Waals surface area contributed by atoms with Gasteiger partial charge in [0.1, 0.15) is 12.1 Å². The van der Waals surface area contributed by atoms with Crippen molar-refractivity contribution >= 4 is 0 Å². The monoisotopic (exact) mass is 411 g/mol. The summed E-state index contributed by atoms with van der Waals surface area (Å²) in [7, 11) is 0. The quantitative estimate of drug-likeness (QED) is 0.496. The Morgan fingerprint density at radius 3 is 2.48 bits per heavy atom. The topological polar surface area (TPSA) is 55.6 Å². The van der Waals surface area contributed by atoms with Crippen LogP contribution in [0.15, 0.2) is 73.4 Å². The number of nitrogens with one attached hydrogen (secondary N) is 1. The Morgan fingerprint density at radius 1 is 1.00 bits per heavy atom. The molecule has 4 aromatic rings. The highest BCUT2D eigenvalue weighted by Gasteiger charge is 2.14. The van der Waals surface area contributed by atoms with Crippen molar-refractivity contribution in [3.63, 3.8) is 0 Å². The van der Waals surface area contributed by atoms with Gasteiger partial charge in [-0.25, -0.2) is 19.0 Å². The first-order chi connectivity index (χ1) is 15.1. The number of nitrogens with zero attached hydrogens (tertiary/aromatic N) is 4. The standard InChI is InChI=1S/C25H22FN5/c1-18(25-16-30-31(19(25)2)24-5-3-4-23(26)12-24)29-15-21-9-6-20(7-10-21)8-11-22-13-27-17-28-14-22/h3-7,9-10,12-14,16-18,29H,15H2,1-2H3/t18-/m0/s1. The van der Waals surface area contributed by atoms with Crippen LogP contribution in [0.2, 0.25) is 0 Å². The maximum atomic E-state index is 13.6. The highest BCUT2D eigenvalue weighted by Crippen LogP contribution is 2.21. The van der Waals surface area contributed by atoms with Crippen molar-refractivity contribution in [2.75, 3.05) is 0 Å². The van der Waals surface area contributed by atoms with Gasteiger partial charge in [-0.05, 0) is 49.7 Å². The molecule has 31 heavy (non-hydrogen) atoms. The smallest absolute Gasteiger partial charge is 0.125 e. The summed E-state index contributed by atoms with van der Waals surface area (Å²) < 4.78 is 15.3. The van der Waals surface area contributed by atoms with Crippen LogP contribution in [0.5, 0.6) is 0 Å². The van der Waals surface area contributed by atoms with Crippen LogP contribution in [0.3, 0.4) is 0 Å². The zero-order valence-corrected chi connectivity index (χ0v) is 17.4. The lowest BCUT2D eigenvalue weighted by atomic mass is 10.1. The molecule has 0 aliphatic rings. The molecule has 0 bridgehead atoms. The van der Waals surface area contributed by atoms with Gasteiger partial charge in [-0.2, -0.15) is 5.10 Å². The average Bonchev–Trinajstić information content (AvgIpc) is 3.19. The molecule has 5 nitrogen and oxygen atoms in total. The van der Waals surface area contributed by atoms with E-state index in [2.05, 4.69) is 51.3 Å². The molecule has 154 valence electrons. The zero-order valence-electron chi connectivity index (χ0n) is 17.4. The average molecular weight is 411 g/mol. The van der Waals surface area contributed by atoms with E-state index in [1.165, 1.54) is 18.5 Å². The molecule has 0 aliphatic carbocycles. The van der Waals surface area contributed by atoms with Gasteiger partial charge in [-0.15, -0.1) is 0 Å². The molecule has 2 heterocycles. The second kappa shape index (κ2) is 9.33. The molecule has 2 aromatic carbocycles. The van der Waals surface area contributed by atoms with E-state index < -0.39 is 0 Å². The second-order valence-electron chi connectivity index (χ2n) is 7.25. The largest absolute Gasteiger partial charge is 0.306 e. The van der Waals surface area contributed by atoms with Crippen LogP contribution in [0.25, 0.3) is 5.69 Å². The molecule has 0 amide bonds. The third-order valence-corrected chi connectivity index (χ3v) is 5.05. The van der Waals surface area contributed by atoms with Crippen LogP contribution < -0.4 is 5.32 Å². The molecule has 2 aromatic heterocycles. The van der Waals surface area contributed by atoms with Gasteiger partial charge in [-0.3, -0.25) is 0 Å². The van der Waals surface area contributed by atoms with Crippen molar-refractivity contribution in [3.8, 4) is 17.5 Å². The summed E-state index contributed by atoms with van der Waals surface area (Å²) in [5.41, 5.74) is 5.67. The van der Waals surface area contributed by atoms with E-state index in [-0.39, 0.29) is 11.9 Å². The molecule has 4 rings (SSSR count). The van der Waals surface area contributed by atoms with Crippen molar-refractivity contribution in [2.24, 2.45) is 0 Å².